The van der Waals surface area contributed by atoms with Crippen molar-refractivity contribution in [2.45, 2.75) is 44.6 Å². The van der Waals surface area contributed by atoms with Crippen molar-refractivity contribution in [3.8, 4) is 0 Å². The highest BCUT2D eigenvalue weighted by molar-refractivity contribution is 5.02. The third kappa shape index (κ3) is 3.16. The van der Waals surface area contributed by atoms with E-state index in [9.17, 15) is 0 Å². The summed E-state index contributed by atoms with van der Waals surface area (Å²) in [5.74, 6) is 3.11. The number of nitrogens with zero attached hydrogens (tertiary/aromatic N) is 1. The molecular formula is C16H28N2. The van der Waals surface area contributed by atoms with Gasteiger partial charge in [-0.3, -0.25) is 0 Å². The lowest BCUT2D eigenvalue weighted by Gasteiger charge is -2.27. The fraction of sp³-hybridized carbons (Fsp3) is 0.875. The Hall–Kier alpha value is -0.340. The minimum Gasteiger partial charge on any atom is -0.310 e. The highest BCUT2D eigenvalue weighted by atomic mass is 15.1. The summed E-state index contributed by atoms with van der Waals surface area (Å²) in [4.78, 5) is 2.50. The molecule has 2 heteroatoms. The zero-order valence-corrected chi connectivity index (χ0v) is 11.8. The van der Waals surface area contributed by atoms with E-state index in [1.54, 1.807) is 0 Å². The zero-order valence-electron chi connectivity index (χ0n) is 11.8. The van der Waals surface area contributed by atoms with Gasteiger partial charge in [-0.05, 0) is 62.5 Å². The van der Waals surface area contributed by atoms with E-state index in [2.05, 4.69) is 23.8 Å². The Morgan fingerprint density at radius 3 is 2.67 bits per heavy atom. The molecule has 0 aromatic rings. The normalized spacial score (nSPS) is 34.4. The summed E-state index contributed by atoms with van der Waals surface area (Å²) in [5, 5.41) is 3.56. The van der Waals surface area contributed by atoms with Crippen molar-refractivity contribution in [3.63, 3.8) is 0 Å². The van der Waals surface area contributed by atoms with Crippen LogP contribution in [0.2, 0.25) is 0 Å². The van der Waals surface area contributed by atoms with Gasteiger partial charge in [0.1, 0.15) is 0 Å². The molecule has 0 heterocycles. The summed E-state index contributed by atoms with van der Waals surface area (Å²) in [5.41, 5.74) is 1.35. The molecule has 3 unspecified atom stereocenters. The summed E-state index contributed by atoms with van der Waals surface area (Å²) in [6, 6.07) is 0.803. The summed E-state index contributed by atoms with van der Waals surface area (Å²) >= 11 is 0. The smallest absolute Gasteiger partial charge is 0.0199 e. The molecule has 3 aliphatic rings. The second kappa shape index (κ2) is 5.34. The van der Waals surface area contributed by atoms with E-state index >= 15 is 0 Å². The third-order valence-corrected chi connectivity index (χ3v) is 5.14. The molecule has 3 rings (SSSR count). The Bertz CT molecular complexity index is 308. The van der Waals surface area contributed by atoms with E-state index in [-0.39, 0.29) is 0 Å². The van der Waals surface area contributed by atoms with E-state index in [4.69, 9.17) is 0 Å². The Labute approximate surface area is 112 Å². The first-order chi connectivity index (χ1) is 8.70. The van der Waals surface area contributed by atoms with Crippen molar-refractivity contribution in [1.82, 2.24) is 10.2 Å². The number of likely N-dealkylation sites (N-methyl/N-ethyl adjacent to an activating group) is 1. The van der Waals surface area contributed by atoms with Gasteiger partial charge >= 0.3 is 0 Å². The third-order valence-electron chi connectivity index (χ3n) is 5.14. The van der Waals surface area contributed by atoms with Crippen LogP contribution in [0.1, 0.15) is 38.5 Å². The molecular weight excluding hydrogens is 220 g/mol. The number of fused-ring (bicyclic) bond motifs is 2. The van der Waals surface area contributed by atoms with Crippen molar-refractivity contribution >= 4 is 0 Å². The van der Waals surface area contributed by atoms with Crippen LogP contribution in [0.5, 0.6) is 0 Å². The number of rotatable bonds is 7. The molecule has 0 spiro atoms. The first kappa shape index (κ1) is 12.7. The highest BCUT2D eigenvalue weighted by Gasteiger charge is 2.39. The largest absolute Gasteiger partial charge is 0.310 e. The van der Waals surface area contributed by atoms with E-state index < -0.39 is 0 Å². The van der Waals surface area contributed by atoms with Crippen LogP contribution >= 0.6 is 0 Å². The fourth-order valence-corrected chi connectivity index (χ4v) is 4.08. The molecule has 2 nitrogen and oxygen atoms in total. The van der Waals surface area contributed by atoms with Crippen LogP contribution < -0.4 is 5.32 Å². The molecule has 18 heavy (non-hydrogen) atoms. The lowest BCUT2D eigenvalue weighted by Crippen LogP contribution is -2.32. The standard InChI is InChI=1S/C16H28N2/c1-12(9-17-16-5-6-16)10-18(2)11-15-8-13-3-4-14(15)7-13/h13-17H,1,3-11H2,2H3. The highest BCUT2D eigenvalue weighted by Crippen LogP contribution is 2.48. The van der Waals surface area contributed by atoms with Crippen LogP contribution in [0.15, 0.2) is 12.2 Å². The summed E-state index contributed by atoms with van der Waals surface area (Å²) in [6.45, 7) is 7.60. The van der Waals surface area contributed by atoms with Gasteiger partial charge in [-0.2, -0.15) is 0 Å². The van der Waals surface area contributed by atoms with Crippen LogP contribution in [0.3, 0.4) is 0 Å². The van der Waals surface area contributed by atoms with Gasteiger partial charge in [-0.15, -0.1) is 0 Å². The Balaban J connectivity index is 1.35. The van der Waals surface area contributed by atoms with Crippen LogP contribution in [0.4, 0.5) is 0 Å². The second-order valence-corrected chi connectivity index (χ2v) is 7.04. The molecule has 0 aromatic heterocycles. The number of nitrogens with one attached hydrogen (secondary N) is 1. The maximum atomic E-state index is 4.21. The lowest BCUT2D eigenvalue weighted by atomic mass is 9.88. The molecule has 0 radical (unpaired) electrons. The molecule has 3 fully saturated rings. The molecule has 0 amide bonds. The monoisotopic (exact) mass is 248 g/mol. The van der Waals surface area contributed by atoms with E-state index in [0.717, 1.165) is 36.9 Å². The molecule has 102 valence electrons. The molecule has 1 N–H and O–H groups in total. The minimum absolute atomic E-state index is 0.803. The van der Waals surface area contributed by atoms with Gasteiger partial charge in [0.05, 0.1) is 0 Å². The fourth-order valence-electron chi connectivity index (χ4n) is 4.08. The Morgan fingerprint density at radius 2 is 2.06 bits per heavy atom. The van der Waals surface area contributed by atoms with E-state index in [0.29, 0.717) is 0 Å². The average molecular weight is 248 g/mol. The number of hydrogen-bond acceptors (Lipinski definition) is 2. The quantitative estimate of drug-likeness (QED) is 0.697. The molecule has 0 aromatic carbocycles. The second-order valence-electron chi connectivity index (χ2n) is 7.04. The van der Waals surface area contributed by atoms with Gasteiger partial charge in [0, 0.05) is 25.7 Å². The van der Waals surface area contributed by atoms with E-state index in [1.807, 2.05) is 0 Å². The van der Waals surface area contributed by atoms with Gasteiger partial charge in [-0.25, -0.2) is 0 Å². The van der Waals surface area contributed by atoms with Crippen LogP contribution in [0, 0.1) is 17.8 Å². The van der Waals surface area contributed by atoms with Crippen LogP contribution in [0.25, 0.3) is 0 Å². The van der Waals surface area contributed by atoms with E-state index in [1.165, 1.54) is 50.6 Å². The molecule has 0 saturated heterocycles. The van der Waals surface area contributed by atoms with Gasteiger partial charge in [0.25, 0.3) is 0 Å². The summed E-state index contributed by atoms with van der Waals surface area (Å²) < 4.78 is 0. The van der Waals surface area contributed by atoms with Gasteiger partial charge in [0.15, 0.2) is 0 Å². The van der Waals surface area contributed by atoms with Crippen molar-refractivity contribution < 1.29 is 0 Å². The van der Waals surface area contributed by atoms with Crippen molar-refractivity contribution in [3.05, 3.63) is 12.2 Å². The van der Waals surface area contributed by atoms with Gasteiger partial charge < -0.3 is 10.2 Å². The Kier molecular flexibility index (Phi) is 3.76. The predicted octanol–water partition coefficient (Wildman–Crippen LogP) is 2.66. The number of hydrogen-bond donors (Lipinski definition) is 1. The van der Waals surface area contributed by atoms with Crippen molar-refractivity contribution in [1.29, 1.82) is 0 Å². The topological polar surface area (TPSA) is 15.3 Å². The zero-order chi connectivity index (χ0) is 12.5. The SMILES string of the molecule is C=C(CNC1CC1)CN(C)CC1CC2CCC1C2. The van der Waals surface area contributed by atoms with Gasteiger partial charge in [-0.1, -0.05) is 13.0 Å². The lowest BCUT2D eigenvalue weighted by molar-refractivity contribution is 0.230. The summed E-state index contributed by atoms with van der Waals surface area (Å²) in [6.07, 6.45) is 8.79. The minimum atomic E-state index is 0.803. The average Bonchev–Trinajstić information content (AvgIpc) is 2.94. The molecule has 3 aliphatic carbocycles. The first-order valence-corrected chi connectivity index (χ1v) is 7.79. The Morgan fingerprint density at radius 1 is 1.22 bits per heavy atom. The van der Waals surface area contributed by atoms with Gasteiger partial charge in [0.2, 0.25) is 0 Å². The maximum Gasteiger partial charge on any atom is 0.0199 e. The molecule has 3 atom stereocenters. The molecule has 2 bridgehead atoms. The first-order valence-electron chi connectivity index (χ1n) is 7.79. The van der Waals surface area contributed by atoms with Crippen molar-refractivity contribution in [2.75, 3.05) is 26.7 Å². The predicted molar refractivity (Wildman–Crippen MR) is 76.6 cm³/mol. The summed E-state index contributed by atoms with van der Waals surface area (Å²) in [7, 11) is 2.27. The van der Waals surface area contributed by atoms with Crippen LogP contribution in [-0.4, -0.2) is 37.6 Å². The maximum absolute atomic E-state index is 4.21. The molecule has 3 saturated carbocycles. The molecule has 0 aliphatic heterocycles. The van der Waals surface area contributed by atoms with Crippen molar-refractivity contribution in [2.24, 2.45) is 17.8 Å². The van der Waals surface area contributed by atoms with Crippen LogP contribution in [-0.2, 0) is 0 Å².